The number of aromatic nitrogens is 2. The number of hydrogen-bond acceptors (Lipinski definition) is 3. The van der Waals surface area contributed by atoms with Gasteiger partial charge in [-0.05, 0) is 37.5 Å². The third-order valence-corrected chi connectivity index (χ3v) is 3.76. The zero-order valence-electron chi connectivity index (χ0n) is 12.0. The molecule has 0 radical (unpaired) electrons. The Bertz CT molecular complexity index is 603. The van der Waals surface area contributed by atoms with E-state index in [0.717, 1.165) is 30.6 Å². The number of rotatable bonds is 3. The molecule has 7 heteroatoms. The Labute approximate surface area is 142 Å². The monoisotopic (exact) mass is 342 g/mol. The molecule has 1 aliphatic carbocycles. The maximum atomic E-state index is 12.2. The zero-order valence-corrected chi connectivity index (χ0v) is 13.6. The Morgan fingerprint density at radius 2 is 2.14 bits per heavy atom. The van der Waals surface area contributed by atoms with Crippen molar-refractivity contribution >= 4 is 36.4 Å². The van der Waals surface area contributed by atoms with E-state index in [1.54, 1.807) is 12.5 Å². The first-order valence-corrected chi connectivity index (χ1v) is 6.87. The van der Waals surface area contributed by atoms with Gasteiger partial charge in [-0.15, -0.1) is 24.8 Å². The van der Waals surface area contributed by atoms with E-state index in [-0.39, 0.29) is 42.7 Å². The van der Waals surface area contributed by atoms with E-state index in [0.29, 0.717) is 0 Å². The number of carbonyl (C=O) groups excluding carboxylic acids is 1. The Morgan fingerprint density at radius 1 is 1.32 bits per heavy atom. The molecule has 1 aliphatic rings. The van der Waals surface area contributed by atoms with Gasteiger partial charge in [-0.3, -0.25) is 4.79 Å². The molecule has 0 bridgehead atoms. The van der Waals surface area contributed by atoms with Gasteiger partial charge >= 0.3 is 0 Å². The van der Waals surface area contributed by atoms with Gasteiger partial charge in [0, 0.05) is 35.7 Å². The predicted molar refractivity (Wildman–Crippen MR) is 92.0 cm³/mol. The van der Waals surface area contributed by atoms with Crippen molar-refractivity contribution in [2.24, 2.45) is 11.7 Å². The van der Waals surface area contributed by atoms with Crippen molar-refractivity contribution in [3.63, 3.8) is 0 Å². The van der Waals surface area contributed by atoms with Crippen molar-refractivity contribution in [3.8, 4) is 5.69 Å². The Hall–Kier alpha value is -1.56. The minimum atomic E-state index is 0. The second kappa shape index (κ2) is 8.17. The molecular formula is C15H20Cl2N4O. The molecule has 1 aromatic carbocycles. The molecule has 2 aromatic rings. The number of carbonyl (C=O) groups is 1. The van der Waals surface area contributed by atoms with Crippen LogP contribution in [0, 0.1) is 5.92 Å². The molecule has 3 rings (SSSR count). The van der Waals surface area contributed by atoms with Crippen LogP contribution in [-0.2, 0) is 4.79 Å². The summed E-state index contributed by atoms with van der Waals surface area (Å²) in [6, 6.07) is 7.90. The lowest BCUT2D eigenvalue weighted by Gasteiger charge is -2.12. The fourth-order valence-electron chi connectivity index (χ4n) is 2.65. The Kier molecular flexibility index (Phi) is 6.87. The topological polar surface area (TPSA) is 72.9 Å². The molecule has 0 aliphatic heterocycles. The van der Waals surface area contributed by atoms with Gasteiger partial charge in [-0.1, -0.05) is 6.07 Å². The molecule has 3 N–H and O–H groups in total. The first-order valence-electron chi connectivity index (χ1n) is 6.87. The fraction of sp³-hybridized carbons (Fsp3) is 0.333. The van der Waals surface area contributed by atoms with E-state index in [9.17, 15) is 4.79 Å². The second-order valence-electron chi connectivity index (χ2n) is 5.28. The van der Waals surface area contributed by atoms with Gasteiger partial charge in [0.2, 0.25) is 5.91 Å². The second-order valence-corrected chi connectivity index (χ2v) is 5.28. The lowest BCUT2D eigenvalue weighted by molar-refractivity contribution is -0.119. The maximum Gasteiger partial charge on any atom is 0.227 e. The van der Waals surface area contributed by atoms with Crippen LogP contribution >= 0.6 is 24.8 Å². The van der Waals surface area contributed by atoms with Crippen molar-refractivity contribution in [3.05, 3.63) is 43.0 Å². The molecule has 5 nitrogen and oxygen atoms in total. The molecular weight excluding hydrogens is 323 g/mol. The highest BCUT2D eigenvalue weighted by Crippen LogP contribution is 2.25. The molecule has 0 saturated heterocycles. The number of amides is 1. The van der Waals surface area contributed by atoms with E-state index in [1.165, 1.54) is 0 Å². The summed E-state index contributed by atoms with van der Waals surface area (Å²) in [7, 11) is 0. The van der Waals surface area contributed by atoms with Gasteiger partial charge < -0.3 is 15.6 Å². The third kappa shape index (κ3) is 4.22. The smallest absolute Gasteiger partial charge is 0.227 e. The predicted octanol–water partition coefficient (Wildman–Crippen LogP) is 2.78. The van der Waals surface area contributed by atoms with Crippen molar-refractivity contribution in [1.29, 1.82) is 0 Å². The number of nitrogens with zero attached hydrogens (tertiary/aromatic N) is 2. The molecule has 22 heavy (non-hydrogen) atoms. The summed E-state index contributed by atoms with van der Waals surface area (Å²) in [6.07, 6.45) is 7.94. The SMILES string of the molecule is Cl.Cl.NC1CCC(C(=O)Nc2cccc(-n3ccnc3)c2)C1. The Balaban J connectivity index is 0.00000121. The first kappa shape index (κ1) is 18.5. The van der Waals surface area contributed by atoms with Crippen molar-refractivity contribution in [2.75, 3.05) is 5.32 Å². The molecule has 2 atom stereocenters. The standard InChI is InChI=1S/C15H18N4O.2ClH/c16-12-5-4-11(8-12)15(20)18-13-2-1-3-14(9-13)19-7-6-17-10-19;;/h1-3,6-7,9-12H,4-5,8,16H2,(H,18,20);2*1H. The van der Waals surface area contributed by atoms with Gasteiger partial charge in [0.25, 0.3) is 0 Å². The van der Waals surface area contributed by atoms with Crippen molar-refractivity contribution in [1.82, 2.24) is 9.55 Å². The van der Waals surface area contributed by atoms with E-state index < -0.39 is 0 Å². The minimum absolute atomic E-state index is 0. The normalized spacial score (nSPS) is 19.9. The minimum Gasteiger partial charge on any atom is -0.328 e. The summed E-state index contributed by atoms with van der Waals surface area (Å²) >= 11 is 0. The summed E-state index contributed by atoms with van der Waals surface area (Å²) in [5.74, 6) is 0.114. The fourth-order valence-corrected chi connectivity index (χ4v) is 2.65. The van der Waals surface area contributed by atoms with Crippen LogP contribution in [0.15, 0.2) is 43.0 Å². The highest BCUT2D eigenvalue weighted by atomic mass is 35.5. The molecule has 1 fully saturated rings. The summed E-state index contributed by atoms with van der Waals surface area (Å²) in [6.45, 7) is 0. The highest BCUT2D eigenvalue weighted by molar-refractivity contribution is 5.93. The quantitative estimate of drug-likeness (QED) is 0.900. The number of halogens is 2. The van der Waals surface area contributed by atoms with Crippen LogP contribution < -0.4 is 11.1 Å². The summed E-state index contributed by atoms with van der Waals surface area (Å²) in [5.41, 5.74) is 7.64. The summed E-state index contributed by atoms with van der Waals surface area (Å²) in [5, 5.41) is 2.98. The number of imidazole rings is 1. The van der Waals surface area contributed by atoms with Gasteiger partial charge in [-0.25, -0.2) is 4.98 Å². The van der Waals surface area contributed by atoms with Crippen molar-refractivity contribution < 1.29 is 4.79 Å². The summed E-state index contributed by atoms with van der Waals surface area (Å²) in [4.78, 5) is 16.2. The number of nitrogens with one attached hydrogen (secondary N) is 1. The van der Waals surface area contributed by atoms with Crippen LogP contribution in [-0.4, -0.2) is 21.5 Å². The van der Waals surface area contributed by atoms with E-state index in [1.807, 2.05) is 35.0 Å². The molecule has 1 saturated carbocycles. The maximum absolute atomic E-state index is 12.2. The van der Waals surface area contributed by atoms with Gasteiger partial charge in [0.1, 0.15) is 0 Å². The number of anilines is 1. The number of nitrogens with two attached hydrogens (primary N) is 1. The van der Waals surface area contributed by atoms with Crippen molar-refractivity contribution in [2.45, 2.75) is 25.3 Å². The first-order chi connectivity index (χ1) is 9.72. The lowest BCUT2D eigenvalue weighted by Crippen LogP contribution is -2.23. The Morgan fingerprint density at radius 3 is 2.77 bits per heavy atom. The number of hydrogen-bond donors (Lipinski definition) is 2. The van der Waals surface area contributed by atoms with Crippen LogP contribution in [0.1, 0.15) is 19.3 Å². The van der Waals surface area contributed by atoms with Crippen LogP contribution in [0.2, 0.25) is 0 Å². The highest BCUT2D eigenvalue weighted by Gasteiger charge is 2.27. The van der Waals surface area contributed by atoms with Gasteiger partial charge in [0.15, 0.2) is 0 Å². The van der Waals surface area contributed by atoms with E-state index in [4.69, 9.17) is 5.73 Å². The molecule has 2 unspecified atom stereocenters. The van der Waals surface area contributed by atoms with Crippen LogP contribution in [0.3, 0.4) is 0 Å². The van der Waals surface area contributed by atoms with E-state index in [2.05, 4.69) is 10.3 Å². The zero-order chi connectivity index (χ0) is 13.9. The van der Waals surface area contributed by atoms with Gasteiger partial charge in [0.05, 0.1) is 6.33 Å². The molecule has 120 valence electrons. The average Bonchev–Trinajstić information content (AvgIpc) is 3.10. The molecule has 1 aromatic heterocycles. The van der Waals surface area contributed by atoms with Gasteiger partial charge in [-0.2, -0.15) is 0 Å². The molecule has 0 spiro atoms. The molecule has 1 amide bonds. The largest absolute Gasteiger partial charge is 0.328 e. The van der Waals surface area contributed by atoms with E-state index >= 15 is 0 Å². The number of benzene rings is 1. The van der Waals surface area contributed by atoms with Crippen LogP contribution in [0.5, 0.6) is 0 Å². The molecule has 1 heterocycles. The van der Waals surface area contributed by atoms with Crippen LogP contribution in [0.25, 0.3) is 5.69 Å². The lowest BCUT2D eigenvalue weighted by atomic mass is 10.1. The van der Waals surface area contributed by atoms with Crippen LogP contribution in [0.4, 0.5) is 5.69 Å². The average molecular weight is 343 g/mol. The summed E-state index contributed by atoms with van der Waals surface area (Å²) < 4.78 is 1.90. The third-order valence-electron chi connectivity index (χ3n) is 3.76.